The second kappa shape index (κ2) is 236. The smallest absolute Gasteiger partial charge is 2.00 e. The minimum Gasteiger partial charge on any atom is -2.00 e. The summed E-state index contributed by atoms with van der Waals surface area (Å²) in [7, 11) is -5.39. The summed E-state index contributed by atoms with van der Waals surface area (Å²) in [5.41, 5.74) is 0. The van der Waals surface area contributed by atoms with Gasteiger partial charge in [0.15, 0.2) is 0 Å². The SMILES string of the molecule is O=P([O-])([O-])[O-].[Cr+6].[Cr+6].[Cr+6].[Cr+6].[NH4+].[NH4+].[NH4+].[O-2].[O-2].[O-2].[O-2].[O-2].[O-2].[O-2].[O-2].[O-2].[O-2].[O-2].[O-2]. The molecule has 0 saturated heterocycles. The summed E-state index contributed by atoms with van der Waals surface area (Å²) in [6.45, 7) is 0. The average Bonchev–Trinajstić information content (AvgIpc) is 0.722. The first-order valence-corrected chi connectivity index (χ1v) is 2.19. The van der Waals surface area contributed by atoms with E-state index in [0.29, 0.717) is 0 Å². The van der Waals surface area contributed by atoms with Crippen molar-refractivity contribution in [2.24, 2.45) is 0 Å². The van der Waals surface area contributed by atoms with E-state index < -0.39 is 7.82 Å². The third kappa shape index (κ3) is 4510. The van der Waals surface area contributed by atoms with E-state index in [1.165, 1.54) is 0 Å². The monoisotopic (exact) mass is 549 g/mol. The van der Waals surface area contributed by atoms with Gasteiger partial charge in [0, 0.05) is 0 Å². The van der Waals surface area contributed by atoms with E-state index in [4.69, 9.17) is 19.2 Å². The fourth-order valence-electron chi connectivity index (χ4n) is 0. The molecule has 0 aliphatic heterocycles. The minimum absolute atomic E-state index is 0. The van der Waals surface area contributed by atoms with E-state index in [2.05, 4.69) is 0 Å². The van der Waals surface area contributed by atoms with Crippen molar-refractivity contribution in [2.75, 3.05) is 0 Å². The second-order valence-corrected chi connectivity index (χ2v) is 1.34. The van der Waals surface area contributed by atoms with Crippen LogP contribution in [0.4, 0.5) is 0 Å². The van der Waals surface area contributed by atoms with Crippen LogP contribution in [0.5, 0.6) is 0 Å². The average molecular weight is 549 g/mol. The van der Waals surface area contributed by atoms with E-state index in [-0.39, 0.29) is 154 Å². The largest absolute Gasteiger partial charge is 6.00 e. The van der Waals surface area contributed by atoms with Gasteiger partial charge >= 0.3 is 69.4 Å². The maximum atomic E-state index is 8.55. The van der Waals surface area contributed by atoms with Crippen LogP contribution in [0.1, 0.15) is 0 Å². The molecule has 0 heterocycles. The van der Waals surface area contributed by atoms with Gasteiger partial charge in [0.05, 0.1) is 0 Å². The number of hydrogen-bond donors (Lipinski definition) is 3. The third-order valence-electron chi connectivity index (χ3n) is 0. The van der Waals surface area contributed by atoms with Gasteiger partial charge in [-0.05, 0) is 0 Å². The Kier molecular flexibility index (Phi) is 4810. The fraction of sp³-hybridized carbons (Fsp3) is 0. The zero-order valence-electron chi connectivity index (χ0n) is 11.6. The van der Waals surface area contributed by atoms with Crippen LogP contribution in [0.15, 0.2) is 0 Å². The first kappa shape index (κ1) is 489. The Morgan fingerprint density at radius 3 is 0.375 bits per heavy atom. The molecule has 0 fully saturated rings. The fourth-order valence-corrected chi connectivity index (χ4v) is 0. The molecule has 0 amide bonds. The molecule has 12 N–H and O–H groups in total. The molecule has 0 rings (SSSR count). The van der Waals surface area contributed by atoms with Crippen molar-refractivity contribution in [2.45, 2.75) is 0 Å². The Labute approximate surface area is 180 Å². The molecule has 0 spiro atoms. The molecule has 24 heavy (non-hydrogen) atoms. The number of hydrogen-bond acceptors (Lipinski definition) is 4. The molecule has 19 nitrogen and oxygen atoms in total. The number of rotatable bonds is 0. The van der Waals surface area contributed by atoms with Crippen LogP contribution < -0.4 is 33.1 Å². The van der Waals surface area contributed by atoms with E-state index in [1.54, 1.807) is 0 Å². The van der Waals surface area contributed by atoms with Gasteiger partial charge in [-0.25, -0.2) is 0 Å². The van der Waals surface area contributed by atoms with Gasteiger partial charge in [0.1, 0.15) is 0 Å². The second-order valence-electron chi connectivity index (χ2n) is 0.447. The molecule has 152 valence electrons. The first-order chi connectivity index (χ1) is 2.00. The van der Waals surface area contributed by atoms with Gasteiger partial charge in [0.25, 0.3) is 0 Å². The zero-order valence-corrected chi connectivity index (χ0v) is 17.6. The van der Waals surface area contributed by atoms with Gasteiger partial charge in [-0.1, -0.05) is 0 Å². The maximum absolute atomic E-state index is 8.55. The van der Waals surface area contributed by atoms with Crippen LogP contribution in [-0.4, -0.2) is 0 Å². The quantitative estimate of drug-likeness (QED) is 0.264. The Bertz CT molecular complexity index is 79.5. The van der Waals surface area contributed by atoms with Crippen molar-refractivity contribution in [3.8, 4) is 0 Å². The van der Waals surface area contributed by atoms with Crippen molar-refractivity contribution in [1.29, 1.82) is 0 Å². The Hall–Kier alpha value is 1.64. The molecular weight excluding hydrogens is 537 g/mol. The summed E-state index contributed by atoms with van der Waals surface area (Å²) >= 11 is 0. The molecule has 0 saturated carbocycles. The van der Waals surface area contributed by atoms with Crippen molar-refractivity contribution in [3.63, 3.8) is 0 Å². The normalized spacial score (nSPS) is 2.46. The Morgan fingerprint density at radius 2 is 0.375 bits per heavy atom. The molecule has 0 bridgehead atoms. The molecule has 0 atom stereocenters. The number of phosphoric acid groups is 1. The summed E-state index contributed by atoms with van der Waals surface area (Å²) in [5, 5.41) is 0. The third-order valence-corrected chi connectivity index (χ3v) is 0. The van der Waals surface area contributed by atoms with Crippen LogP contribution in [-0.2, 0) is 140 Å². The van der Waals surface area contributed by atoms with Crippen LogP contribution in [0.3, 0.4) is 0 Å². The topological polar surface area (TPSA) is 538 Å². The van der Waals surface area contributed by atoms with E-state index in [0.717, 1.165) is 0 Å². The van der Waals surface area contributed by atoms with Gasteiger partial charge in [-0.3, -0.25) is 0 Å². The summed E-state index contributed by atoms with van der Waals surface area (Å²) in [5.74, 6) is 0. The van der Waals surface area contributed by atoms with Crippen LogP contribution in [0.25, 0.3) is 0 Å². The zero-order chi connectivity index (χ0) is 4.50. The summed E-state index contributed by atoms with van der Waals surface area (Å²) in [6, 6.07) is 0. The van der Waals surface area contributed by atoms with Crippen molar-refractivity contribution >= 4 is 7.82 Å². The summed E-state index contributed by atoms with van der Waals surface area (Å²) < 4.78 is 8.55. The first-order valence-electron chi connectivity index (χ1n) is 0.730. The number of quaternary nitrogens is 3. The summed E-state index contributed by atoms with van der Waals surface area (Å²) in [6.07, 6.45) is 0. The van der Waals surface area contributed by atoms with Crippen LogP contribution in [0, 0.1) is 0 Å². The van der Waals surface area contributed by atoms with Crippen molar-refractivity contribution < 1.29 is 154 Å². The standard InChI is InChI=1S/4Cr.3H3N.H3O4P.12O/c;;;;;;;1-5(2,3)4;;;;;;;;;;;;/h;;;;3*1H3;(H3,1,2,3,4);;;;;;;;;;;;/q4*+6;;;;;12*-2. The molecule has 0 aromatic carbocycles. The minimum atomic E-state index is -5.39. The Balaban J connectivity index is -0.000000000468. The van der Waals surface area contributed by atoms with Crippen LogP contribution >= 0.6 is 7.82 Å². The van der Waals surface area contributed by atoms with E-state index in [9.17, 15) is 0 Å². The van der Waals surface area contributed by atoms with Crippen molar-refractivity contribution in [3.05, 3.63) is 0 Å². The van der Waals surface area contributed by atoms with E-state index >= 15 is 0 Å². The van der Waals surface area contributed by atoms with Gasteiger partial charge in [-0.2, -0.15) is 7.82 Å². The Morgan fingerprint density at radius 1 is 0.375 bits per heavy atom. The van der Waals surface area contributed by atoms with Gasteiger partial charge < -0.3 is 103 Å². The van der Waals surface area contributed by atoms with Crippen molar-refractivity contribution in [1.82, 2.24) is 18.5 Å². The molecule has 0 aromatic rings. The van der Waals surface area contributed by atoms with Gasteiger partial charge in [0.2, 0.25) is 0 Å². The molecule has 24 heteroatoms. The maximum Gasteiger partial charge on any atom is 6.00 e. The molecule has 0 aliphatic rings. The molecule has 0 aromatic heterocycles. The predicted octanol–water partition coefficient (Wildman–Crippen LogP) is -3.13. The molecule has 0 radical (unpaired) electrons. The predicted molar refractivity (Wildman–Crippen MR) is 33.8 cm³/mol. The molecular formula is H12Cr4N3O16P. The van der Waals surface area contributed by atoms with Crippen LogP contribution in [0.2, 0.25) is 0 Å². The molecule has 0 unspecified atom stereocenters. The van der Waals surface area contributed by atoms with E-state index in [1.807, 2.05) is 0 Å². The summed E-state index contributed by atoms with van der Waals surface area (Å²) in [4.78, 5) is 25.6. The van der Waals surface area contributed by atoms with Gasteiger partial charge in [-0.15, -0.1) is 0 Å². The molecule has 0 aliphatic carbocycles.